The van der Waals surface area contributed by atoms with Gasteiger partial charge in [-0.2, -0.15) is 0 Å². The number of hydrogen-bond acceptors (Lipinski definition) is 2. The lowest BCUT2D eigenvalue weighted by Gasteiger charge is -2.32. The molecule has 0 saturated carbocycles. The van der Waals surface area contributed by atoms with Gasteiger partial charge in [-0.05, 0) is 13.8 Å². The fraction of sp³-hybridized carbons (Fsp3) is 1.00. The third-order valence-corrected chi connectivity index (χ3v) is 2.68. The maximum atomic E-state index is 3.49. The highest BCUT2D eigenvalue weighted by Gasteiger charge is 2.19. The average molecular weight is 193 g/mol. The molecule has 3 heteroatoms. The predicted octanol–water partition coefficient (Wildman–Crippen LogP) is 0.979. The second-order valence-corrected chi connectivity index (χ2v) is 3.65. The minimum absolute atomic E-state index is 0.626. The number of nitrogens with one attached hydrogen (secondary N) is 1. The Kier molecular flexibility index (Phi) is 2.50. The van der Waals surface area contributed by atoms with Crippen molar-refractivity contribution in [1.29, 1.82) is 0 Å². The van der Waals surface area contributed by atoms with Crippen LogP contribution in [0.25, 0.3) is 0 Å². The molecule has 1 fully saturated rings. The zero-order valence-corrected chi connectivity index (χ0v) is 7.48. The molecule has 1 heterocycles. The van der Waals surface area contributed by atoms with Crippen LogP contribution in [0, 0.1) is 0 Å². The largest absolute Gasteiger partial charge is 0.311 e. The van der Waals surface area contributed by atoms with Gasteiger partial charge in [0.05, 0.1) is 0 Å². The molecule has 0 unspecified atom stereocenters. The third kappa shape index (κ3) is 1.92. The highest BCUT2D eigenvalue weighted by Crippen LogP contribution is 2.09. The molecular formula is C6H13BrN2. The SMILES string of the molecule is C[C@@H]1CN(Br)[C@@H](C)CN1. The van der Waals surface area contributed by atoms with Crippen molar-refractivity contribution in [3.8, 4) is 0 Å². The number of hydrogen-bond donors (Lipinski definition) is 1. The van der Waals surface area contributed by atoms with Crippen LogP contribution in [0.5, 0.6) is 0 Å². The van der Waals surface area contributed by atoms with E-state index in [1.54, 1.807) is 0 Å². The third-order valence-electron chi connectivity index (χ3n) is 1.69. The van der Waals surface area contributed by atoms with Crippen molar-refractivity contribution in [3.63, 3.8) is 0 Å². The van der Waals surface area contributed by atoms with Gasteiger partial charge in [-0.15, -0.1) is 0 Å². The van der Waals surface area contributed by atoms with Gasteiger partial charge in [0.1, 0.15) is 0 Å². The van der Waals surface area contributed by atoms with Gasteiger partial charge in [0.2, 0.25) is 0 Å². The summed E-state index contributed by atoms with van der Waals surface area (Å²) in [4.78, 5) is 0. The molecule has 2 nitrogen and oxygen atoms in total. The normalized spacial score (nSPS) is 39.0. The quantitative estimate of drug-likeness (QED) is 0.577. The fourth-order valence-corrected chi connectivity index (χ4v) is 1.56. The summed E-state index contributed by atoms with van der Waals surface area (Å²) in [5, 5.41) is 3.39. The predicted molar refractivity (Wildman–Crippen MR) is 42.6 cm³/mol. The summed E-state index contributed by atoms with van der Waals surface area (Å²) in [5.74, 6) is 0. The Bertz CT molecular complexity index is 97.1. The topological polar surface area (TPSA) is 15.3 Å². The Morgan fingerprint density at radius 3 is 2.67 bits per heavy atom. The van der Waals surface area contributed by atoms with Crippen LogP contribution in [0.2, 0.25) is 0 Å². The smallest absolute Gasteiger partial charge is 0.0302 e. The lowest BCUT2D eigenvalue weighted by atomic mass is 10.2. The first kappa shape index (κ1) is 7.51. The molecule has 0 aliphatic carbocycles. The minimum atomic E-state index is 0.626. The lowest BCUT2D eigenvalue weighted by Crippen LogP contribution is -2.50. The van der Waals surface area contributed by atoms with Gasteiger partial charge in [0.25, 0.3) is 0 Å². The van der Waals surface area contributed by atoms with Crippen LogP contribution in [-0.4, -0.2) is 29.1 Å². The lowest BCUT2D eigenvalue weighted by molar-refractivity contribution is 0.273. The Balaban J connectivity index is 2.35. The minimum Gasteiger partial charge on any atom is -0.311 e. The van der Waals surface area contributed by atoms with Crippen molar-refractivity contribution < 1.29 is 0 Å². The molecular weight excluding hydrogens is 180 g/mol. The van der Waals surface area contributed by atoms with E-state index in [1.165, 1.54) is 0 Å². The average Bonchev–Trinajstić information content (AvgIpc) is 1.80. The maximum Gasteiger partial charge on any atom is 0.0302 e. The van der Waals surface area contributed by atoms with Crippen molar-refractivity contribution in [2.24, 2.45) is 0 Å². The van der Waals surface area contributed by atoms with Gasteiger partial charge >= 0.3 is 0 Å². The summed E-state index contributed by atoms with van der Waals surface area (Å²) in [6.07, 6.45) is 0. The van der Waals surface area contributed by atoms with E-state index in [-0.39, 0.29) is 0 Å². The molecule has 54 valence electrons. The summed E-state index contributed by atoms with van der Waals surface area (Å²) in [6.45, 7) is 6.58. The van der Waals surface area contributed by atoms with Crippen LogP contribution >= 0.6 is 16.1 Å². The molecule has 1 rings (SSSR count). The van der Waals surface area contributed by atoms with Crippen LogP contribution < -0.4 is 5.32 Å². The summed E-state index contributed by atoms with van der Waals surface area (Å²) >= 11 is 3.49. The standard InChI is InChI=1S/C6H13BrN2/c1-5-4-9(7)6(2)3-8-5/h5-6,8H,3-4H2,1-2H3/t5-,6+/m1/s1. The Hall–Kier alpha value is 0.400. The zero-order valence-electron chi connectivity index (χ0n) is 5.89. The van der Waals surface area contributed by atoms with Crippen LogP contribution in [0.1, 0.15) is 13.8 Å². The van der Waals surface area contributed by atoms with Crippen LogP contribution in [0.15, 0.2) is 0 Å². The Morgan fingerprint density at radius 1 is 1.56 bits per heavy atom. The summed E-state index contributed by atoms with van der Waals surface area (Å²) in [6, 6.07) is 1.25. The first-order chi connectivity index (χ1) is 4.20. The van der Waals surface area contributed by atoms with E-state index in [0.29, 0.717) is 12.1 Å². The van der Waals surface area contributed by atoms with E-state index in [4.69, 9.17) is 0 Å². The molecule has 0 bridgehead atoms. The van der Waals surface area contributed by atoms with Crippen molar-refractivity contribution in [2.45, 2.75) is 25.9 Å². The maximum absolute atomic E-state index is 3.49. The molecule has 0 amide bonds. The number of piperazine rings is 1. The Morgan fingerprint density at radius 2 is 2.22 bits per heavy atom. The van der Waals surface area contributed by atoms with Crippen molar-refractivity contribution >= 4 is 16.1 Å². The molecule has 0 aromatic heterocycles. The van der Waals surface area contributed by atoms with Crippen LogP contribution in [0.3, 0.4) is 0 Å². The van der Waals surface area contributed by atoms with Crippen molar-refractivity contribution in [3.05, 3.63) is 0 Å². The molecule has 0 aromatic carbocycles. The molecule has 0 radical (unpaired) electrons. The van der Waals surface area contributed by atoms with Gasteiger partial charge in [0.15, 0.2) is 0 Å². The summed E-state index contributed by atoms with van der Waals surface area (Å²) in [5.41, 5.74) is 0. The van der Waals surface area contributed by atoms with Gasteiger partial charge in [-0.25, -0.2) is 3.93 Å². The molecule has 1 saturated heterocycles. The van der Waals surface area contributed by atoms with Crippen molar-refractivity contribution in [1.82, 2.24) is 9.24 Å². The van der Waals surface area contributed by atoms with Gasteiger partial charge in [-0.1, -0.05) is 0 Å². The number of rotatable bonds is 0. The van der Waals surface area contributed by atoms with Gasteiger partial charge < -0.3 is 5.32 Å². The monoisotopic (exact) mass is 192 g/mol. The van der Waals surface area contributed by atoms with E-state index < -0.39 is 0 Å². The van der Waals surface area contributed by atoms with Gasteiger partial charge in [0, 0.05) is 41.3 Å². The van der Waals surface area contributed by atoms with Gasteiger partial charge in [-0.3, -0.25) is 0 Å². The van der Waals surface area contributed by atoms with E-state index >= 15 is 0 Å². The van der Waals surface area contributed by atoms with Crippen LogP contribution in [0.4, 0.5) is 0 Å². The first-order valence-corrected chi connectivity index (χ1v) is 4.07. The molecule has 1 aliphatic rings. The second kappa shape index (κ2) is 2.99. The molecule has 0 aromatic rings. The first-order valence-electron chi connectivity index (χ1n) is 3.36. The summed E-state index contributed by atoms with van der Waals surface area (Å²) < 4.78 is 2.20. The van der Waals surface area contributed by atoms with Crippen LogP contribution in [-0.2, 0) is 0 Å². The molecule has 1 N–H and O–H groups in total. The van der Waals surface area contributed by atoms with E-state index in [1.807, 2.05) is 0 Å². The number of halogens is 1. The summed E-state index contributed by atoms with van der Waals surface area (Å²) in [7, 11) is 0. The molecule has 2 atom stereocenters. The zero-order chi connectivity index (χ0) is 6.85. The molecule has 1 aliphatic heterocycles. The highest BCUT2D eigenvalue weighted by atomic mass is 79.9. The Labute approximate surface area is 64.9 Å². The van der Waals surface area contributed by atoms with Crippen molar-refractivity contribution in [2.75, 3.05) is 13.1 Å². The number of nitrogens with zero attached hydrogens (tertiary/aromatic N) is 1. The van der Waals surface area contributed by atoms with E-state index in [0.717, 1.165) is 13.1 Å². The highest BCUT2D eigenvalue weighted by molar-refractivity contribution is 9.07. The second-order valence-electron chi connectivity index (χ2n) is 2.74. The van der Waals surface area contributed by atoms with E-state index in [9.17, 15) is 0 Å². The fourth-order valence-electron chi connectivity index (χ4n) is 0.977. The molecule has 0 spiro atoms. The molecule has 9 heavy (non-hydrogen) atoms. The van der Waals surface area contributed by atoms with E-state index in [2.05, 4.69) is 39.2 Å².